The van der Waals surface area contributed by atoms with Gasteiger partial charge in [-0.05, 0) is 80.8 Å². The van der Waals surface area contributed by atoms with Gasteiger partial charge in [-0.25, -0.2) is 0 Å². The Hall–Kier alpha value is -1.65. The van der Waals surface area contributed by atoms with Gasteiger partial charge in [0.1, 0.15) is 5.82 Å². The first-order valence-electron chi connectivity index (χ1n) is 8.44. The number of nitrogens with two attached hydrogens (primary N) is 1. The monoisotopic (exact) mass is 300 g/mol. The molecule has 1 aromatic heterocycles. The molecule has 4 aliphatic carbocycles. The lowest BCUT2D eigenvalue weighted by atomic mass is 9.48. The predicted molar refractivity (Wildman–Crippen MR) is 84.2 cm³/mol. The summed E-state index contributed by atoms with van der Waals surface area (Å²) in [6.45, 7) is 2.29. The molecular weight excluding hydrogens is 276 g/mol. The number of hydrogen-bond donors (Lipinski definition) is 2. The number of aromatic nitrogens is 2. The molecule has 0 saturated heterocycles. The maximum Gasteiger partial charge on any atom is 0.269 e. The molecule has 1 aromatic rings. The molecule has 4 bridgehead atoms. The minimum atomic E-state index is -0.534. The highest BCUT2D eigenvalue weighted by Crippen LogP contribution is 2.61. The van der Waals surface area contributed by atoms with Crippen LogP contribution in [0.3, 0.4) is 0 Å². The lowest BCUT2D eigenvalue weighted by Gasteiger charge is -2.59. The zero-order valence-electron chi connectivity index (χ0n) is 13.1. The molecule has 1 atom stereocenters. The number of amides is 1. The van der Waals surface area contributed by atoms with Crippen molar-refractivity contribution >= 4 is 11.7 Å². The summed E-state index contributed by atoms with van der Waals surface area (Å²) in [5, 5.41) is 11.5. The number of rotatable bonds is 4. The third kappa shape index (κ3) is 2.27. The Morgan fingerprint density at radius 3 is 2.23 bits per heavy atom. The number of carbonyl (C=O) groups excluding carboxylic acids is 1. The molecule has 0 spiro atoms. The number of nitrogens with zero attached hydrogens (tertiary/aromatic N) is 2. The third-order valence-electron chi connectivity index (χ3n) is 6.29. The standard InChI is InChI=1S/C17H24N4O/c1-10(19-15-3-2-14(16(18)22)20-21-15)17-7-11-4-12(8-17)6-13(5-11)9-17/h2-3,10-13H,4-9H2,1H3,(H2,18,22)(H,19,21). The van der Waals surface area contributed by atoms with E-state index in [0.29, 0.717) is 11.5 Å². The van der Waals surface area contributed by atoms with Crippen LogP contribution in [-0.4, -0.2) is 22.1 Å². The van der Waals surface area contributed by atoms with E-state index in [1.54, 1.807) is 6.07 Å². The van der Waals surface area contributed by atoms with Gasteiger partial charge in [-0.3, -0.25) is 4.79 Å². The van der Waals surface area contributed by atoms with E-state index >= 15 is 0 Å². The molecule has 0 aliphatic heterocycles. The largest absolute Gasteiger partial charge is 0.366 e. The molecule has 5 nitrogen and oxygen atoms in total. The van der Waals surface area contributed by atoms with E-state index in [0.717, 1.165) is 23.6 Å². The molecule has 4 saturated carbocycles. The fourth-order valence-corrected chi connectivity index (χ4v) is 5.62. The molecule has 4 aliphatic rings. The Bertz CT molecular complexity index is 548. The van der Waals surface area contributed by atoms with Crippen molar-refractivity contribution in [3.8, 4) is 0 Å². The number of carbonyl (C=O) groups is 1. The van der Waals surface area contributed by atoms with E-state index in [4.69, 9.17) is 5.73 Å². The molecule has 1 unspecified atom stereocenters. The first kappa shape index (κ1) is 14.0. The molecule has 4 fully saturated rings. The van der Waals surface area contributed by atoms with Crippen molar-refractivity contribution < 1.29 is 4.79 Å². The van der Waals surface area contributed by atoms with Gasteiger partial charge >= 0.3 is 0 Å². The van der Waals surface area contributed by atoms with Gasteiger partial charge in [0, 0.05) is 6.04 Å². The summed E-state index contributed by atoms with van der Waals surface area (Å²) in [6, 6.07) is 3.85. The summed E-state index contributed by atoms with van der Waals surface area (Å²) in [4.78, 5) is 11.1. The highest BCUT2D eigenvalue weighted by atomic mass is 16.1. The van der Waals surface area contributed by atoms with E-state index in [-0.39, 0.29) is 5.69 Å². The van der Waals surface area contributed by atoms with Crippen molar-refractivity contribution in [2.24, 2.45) is 28.9 Å². The van der Waals surface area contributed by atoms with Crippen LogP contribution in [0.25, 0.3) is 0 Å². The van der Waals surface area contributed by atoms with E-state index in [9.17, 15) is 4.79 Å². The summed E-state index contributed by atoms with van der Waals surface area (Å²) in [7, 11) is 0. The van der Waals surface area contributed by atoms with Gasteiger partial charge < -0.3 is 11.1 Å². The molecular formula is C17H24N4O. The van der Waals surface area contributed by atoms with Crippen molar-refractivity contribution in [3.63, 3.8) is 0 Å². The highest BCUT2D eigenvalue weighted by Gasteiger charge is 2.53. The van der Waals surface area contributed by atoms with Crippen molar-refractivity contribution in [2.45, 2.75) is 51.5 Å². The number of hydrogen-bond acceptors (Lipinski definition) is 4. The molecule has 5 heteroatoms. The second-order valence-corrected chi connectivity index (χ2v) is 7.81. The van der Waals surface area contributed by atoms with Crippen LogP contribution in [0.5, 0.6) is 0 Å². The van der Waals surface area contributed by atoms with Gasteiger partial charge in [-0.1, -0.05) is 0 Å². The van der Waals surface area contributed by atoms with Crippen LogP contribution in [0, 0.1) is 23.2 Å². The Balaban J connectivity index is 1.50. The second-order valence-electron chi connectivity index (χ2n) is 7.81. The van der Waals surface area contributed by atoms with Crippen LogP contribution in [0.4, 0.5) is 5.82 Å². The normalized spacial score (nSPS) is 37.0. The smallest absolute Gasteiger partial charge is 0.269 e. The minimum Gasteiger partial charge on any atom is -0.366 e. The Morgan fingerprint density at radius 2 is 1.77 bits per heavy atom. The summed E-state index contributed by atoms with van der Waals surface area (Å²) in [5.74, 6) is 3.04. The average molecular weight is 300 g/mol. The minimum absolute atomic E-state index is 0.216. The van der Waals surface area contributed by atoms with Gasteiger partial charge in [0.15, 0.2) is 5.69 Å². The van der Waals surface area contributed by atoms with Crippen LogP contribution in [-0.2, 0) is 0 Å². The predicted octanol–water partition coefficient (Wildman–Crippen LogP) is 2.59. The number of primary amides is 1. The quantitative estimate of drug-likeness (QED) is 0.895. The van der Waals surface area contributed by atoms with Gasteiger partial charge in [0.25, 0.3) is 5.91 Å². The lowest BCUT2D eigenvalue weighted by Crippen LogP contribution is -2.53. The fourth-order valence-electron chi connectivity index (χ4n) is 5.62. The SMILES string of the molecule is CC(Nc1ccc(C(N)=O)nn1)C12CC3CC(CC(C3)C1)C2. The van der Waals surface area contributed by atoms with Gasteiger partial charge in [0.2, 0.25) is 0 Å². The van der Waals surface area contributed by atoms with Crippen LogP contribution < -0.4 is 11.1 Å². The van der Waals surface area contributed by atoms with Gasteiger partial charge in [0.05, 0.1) is 0 Å². The second kappa shape index (κ2) is 4.93. The van der Waals surface area contributed by atoms with Gasteiger partial charge in [-0.15, -0.1) is 10.2 Å². The van der Waals surface area contributed by atoms with E-state index < -0.39 is 5.91 Å². The van der Waals surface area contributed by atoms with E-state index in [1.807, 2.05) is 6.07 Å². The first-order valence-corrected chi connectivity index (χ1v) is 8.44. The van der Waals surface area contributed by atoms with Crippen LogP contribution in [0.2, 0.25) is 0 Å². The maximum absolute atomic E-state index is 11.1. The summed E-state index contributed by atoms with van der Waals surface area (Å²) in [6.07, 6.45) is 8.46. The molecule has 3 N–H and O–H groups in total. The molecule has 118 valence electrons. The van der Waals surface area contributed by atoms with E-state index in [2.05, 4.69) is 22.4 Å². The molecule has 22 heavy (non-hydrogen) atoms. The van der Waals surface area contributed by atoms with Crippen LogP contribution in [0.15, 0.2) is 12.1 Å². The van der Waals surface area contributed by atoms with Crippen LogP contribution >= 0.6 is 0 Å². The number of nitrogens with one attached hydrogen (secondary N) is 1. The van der Waals surface area contributed by atoms with Crippen molar-refractivity contribution in [2.75, 3.05) is 5.32 Å². The topological polar surface area (TPSA) is 80.9 Å². The maximum atomic E-state index is 11.1. The zero-order chi connectivity index (χ0) is 15.3. The summed E-state index contributed by atoms with van der Waals surface area (Å²) >= 11 is 0. The summed E-state index contributed by atoms with van der Waals surface area (Å²) < 4.78 is 0. The molecule has 0 radical (unpaired) electrons. The Morgan fingerprint density at radius 1 is 1.18 bits per heavy atom. The van der Waals surface area contributed by atoms with E-state index in [1.165, 1.54) is 38.5 Å². The summed E-state index contributed by atoms with van der Waals surface area (Å²) in [5.41, 5.74) is 5.85. The molecule has 0 aromatic carbocycles. The van der Waals surface area contributed by atoms with Crippen molar-refractivity contribution in [1.82, 2.24) is 10.2 Å². The van der Waals surface area contributed by atoms with Crippen LogP contribution in [0.1, 0.15) is 55.9 Å². The molecule has 5 rings (SSSR count). The van der Waals surface area contributed by atoms with Crippen molar-refractivity contribution in [3.05, 3.63) is 17.8 Å². The molecule has 1 amide bonds. The molecule has 1 heterocycles. The Kier molecular flexibility index (Phi) is 3.13. The average Bonchev–Trinajstić information content (AvgIpc) is 2.46. The Labute approximate surface area is 131 Å². The third-order valence-corrected chi connectivity index (χ3v) is 6.29. The zero-order valence-corrected chi connectivity index (χ0v) is 13.1. The van der Waals surface area contributed by atoms with Gasteiger partial charge in [-0.2, -0.15) is 0 Å². The van der Waals surface area contributed by atoms with Crippen molar-refractivity contribution in [1.29, 1.82) is 0 Å². The number of anilines is 1. The lowest BCUT2D eigenvalue weighted by molar-refractivity contribution is -0.0603. The highest BCUT2D eigenvalue weighted by molar-refractivity contribution is 5.90. The first-order chi connectivity index (χ1) is 10.5. The fraction of sp³-hybridized carbons (Fsp3) is 0.706.